The fraction of sp³-hybridized carbons (Fsp3) is 0.286. The van der Waals surface area contributed by atoms with Crippen molar-refractivity contribution >= 4 is 5.78 Å². The summed E-state index contributed by atoms with van der Waals surface area (Å²) in [6.45, 7) is 3.99. The predicted molar refractivity (Wildman–Crippen MR) is 69.0 cm³/mol. The fourth-order valence-corrected chi connectivity index (χ4v) is 1.32. The van der Waals surface area contributed by atoms with Crippen molar-refractivity contribution in [3.63, 3.8) is 0 Å². The second-order valence-electron chi connectivity index (χ2n) is 3.60. The molecule has 2 aromatic rings. The van der Waals surface area contributed by atoms with Gasteiger partial charge in [0.1, 0.15) is 0 Å². The largest absolute Gasteiger partial charge is 0.294 e. The minimum absolute atomic E-state index is 0.128. The monoisotopic (exact) mass is 230 g/mol. The van der Waals surface area contributed by atoms with Crippen LogP contribution in [-0.2, 0) is 6.42 Å². The molecule has 1 heterocycles. The molecule has 0 fully saturated rings. The van der Waals surface area contributed by atoms with Gasteiger partial charge < -0.3 is 0 Å². The second kappa shape index (κ2) is 7.39. The smallest absolute Gasteiger partial charge is 0.165 e. The van der Waals surface area contributed by atoms with Crippen LogP contribution in [0, 0.1) is 0 Å². The molecule has 1 aromatic carbocycles. The van der Waals surface area contributed by atoms with Crippen LogP contribution in [0.1, 0.15) is 36.2 Å². The Morgan fingerprint density at radius 1 is 1.24 bits per heavy atom. The Balaban J connectivity index is 0.000000171. The molecule has 1 N–H and O–H groups in total. The summed E-state index contributed by atoms with van der Waals surface area (Å²) in [6.07, 6.45) is 4.82. The number of aromatic nitrogens is 2. The highest BCUT2D eigenvalue weighted by atomic mass is 16.1. The molecule has 17 heavy (non-hydrogen) atoms. The number of aryl methyl sites for hydroxylation is 1. The van der Waals surface area contributed by atoms with Crippen LogP contribution in [0.5, 0.6) is 0 Å². The molecule has 0 saturated carbocycles. The van der Waals surface area contributed by atoms with Gasteiger partial charge in [-0.25, -0.2) is 0 Å². The average Bonchev–Trinajstić information content (AvgIpc) is 2.93. The molecule has 0 atom stereocenters. The maximum Gasteiger partial charge on any atom is 0.165 e. The Kier molecular flexibility index (Phi) is 5.72. The third kappa shape index (κ3) is 4.64. The van der Waals surface area contributed by atoms with E-state index in [4.69, 9.17) is 0 Å². The minimum atomic E-state index is 0.128. The summed E-state index contributed by atoms with van der Waals surface area (Å²) in [4.78, 5) is 10.8. The third-order valence-corrected chi connectivity index (χ3v) is 2.39. The van der Waals surface area contributed by atoms with Crippen molar-refractivity contribution in [1.82, 2.24) is 10.2 Å². The summed E-state index contributed by atoms with van der Waals surface area (Å²) < 4.78 is 0. The Labute approximate surface area is 102 Å². The summed E-state index contributed by atoms with van der Waals surface area (Å²) in [6, 6.07) is 10.5. The lowest BCUT2D eigenvalue weighted by Crippen LogP contribution is -1.92. The van der Waals surface area contributed by atoms with Crippen LogP contribution in [0.3, 0.4) is 0 Å². The van der Waals surface area contributed by atoms with Crippen molar-refractivity contribution in [2.75, 3.05) is 0 Å². The van der Waals surface area contributed by atoms with Gasteiger partial charge in [0, 0.05) is 12.6 Å². The highest BCUT2D eigenvalue weighted by Crippen LogP contribution is 1.97. The number of benzene rings is 1. The number of hydrogen-bond acceptors (Lipinski definition) is 2. The van der Waals surface area contributed by atoms with Crippen LogP contribution in [0.15, 0.2) is 42.7 Å². The molecular formula is C14H18N2O. The summed E-state index contributed by atoms with van der Waals surface area (Å²) in [5.74, 6) is 0.128. The zero-order valence-electron chi connectivity index (χ0n) is 10.3. The predicted octanol–water partition coefficient (Wildman–Crippen LogP) is 3.25. The molecule has 90 valence electrons. The van der Waals surface area contributed by atoms with Crippen molar-refractivity contribution in [3.05, 3.63) is 53.9 Å². The van der Waals surface area contributed by atoms with Gasteiger partial charge >= 0.3 is 0 Å². The van der Waals surface area contributed by atoms with Gasteiger partial charge in [-0.1, -0.05) is 44.2 Å². The van der Waals surface area contributed by atoms with Crippen LogP contribution in [-0.4, -0.2) is 16.0 Å². The number of nitrogens with zero attached hydrogens (tertiary/aromatic N) is 1. The first-order valence-corrected chi connectivity index (χ1v) is 5.83. The highest BCUT2D eigenvalue weighted by Gasteiger charge is 2.01. The van der Waals surface area contributed by atoms with Gasteiger partial charge in [-0.05, 0) is 12.0 Å². The molecule has 0 spiro atoms. The third-order valence-electron chi connectivity index (χ3n) is 2.39. The molecule has 0 unspecified atom stereocenters. The Hall–Kier alpha value is -1.90. The molecular weight excluding hydrogens is 212 g/mol. The van der Waals surface area contributed by atoms with E-state index in [1.807, 2.05) is 13.0 Å². The highest BCUT2D eigenvalue weighted by molar-refractivity contribution is 5.95. The first-order chi connectivity index (χ1) is 8.27. The van der Waals surface area contributed by atoms with E-state index in [0.29, 0.717) is 12.0 Å². The van der Waals surface area contributed by atoms with E-state index in [9.17, 15) is 4.79 Å². The zero-order chi connectivity index (χ0) is 12.5. The normalized spacial score (nSPS) is 9.29. The number of hydrogen-bond donors (Lipinski definition) is 1. The molecule has 1 aromatic heterocycles. The standard InChI is InChI=1S/C8H10.C6H8N2O/c1-2-8-6-4-3-5-7-8;1-2-6(9)5-3-7-8-4-5/h3-7H,2H2,1H3;3-4H,2H2,1H3,(H,7,8). The van der Waals surface area contributed by atoms with Crippen LogP contribution in [0.4, 0.5) is 0 Å². The quantitative estimate of drug-likeness (QED) is 0.823. The number of aromatic amines is 1. The van der Waals surface area contributed by atoms with E-state index in [2.05, 4.69) is 41.4 Å². The van der Waals surface area contributed by atoms with Gasteiger partial charge in [-0.2, -0.15) is 5.10 Å². The number of carbonyl (C=O) groups is 1. The lowest BCUT2D eigenvalue weighted by atomic mass is 10.2. The number of rotatable bonds is 3. The van der Waals surface area contributed by atoms with E-state index in [-0.39, 0.29) is 5.78 Å². The number of nitrogens with one attached hydrogen (secondary N) is 1. The van der Waals surface area contributed by atoms with Gasteiger partial charge in [-0.15, -0.1) is 0 Å². The molecule has 2 rings (SSSR count). The van der Waals surface area contributed by atoms with Crippen LogP contribution >= 0.6 is 0 Å². The van der Waals surface area contributed by atoms with Gasteiger partial charge in [0.25, 0.3) is 0 Å². The van der Waals surface area contributed by atoms with Gasteiger partial charge in [0.15, 0.2) is 5.78 Å². The van der Waals surface area contributed by atoms with E-state index >= 15 is 0 Å². The average molecular weight is 230 g/mol. The molecule has 3 heteroatoms. The number of Topliss-reactive ketones (excluding diaryl/α,β-unsaturated/α-hetero) is 1. The van der Waals surface area contributed by atoms with Gasteiger partial charge in [0.2, 0.25) is 0 Å². The summed E-state index contributed by atoms with van der Waals surface area (Å²) in [5, 5.41) is 6.22. The zero-order valence-corrected chi connectivity index (χ0v) is 10.3. The molecule has 0 aliphatic carbocycles. The van der Waals surface area contributed by atoms with Crippen molar-refractivity contribution in [3.8, 4) is 0 Å². The van der Waals surface area contributed by atoms with E-state index in [1.54, 1.807) is 6.20 Å². The Morgan fingerprint density at radius 2 is 1.94 bits per heavy atom. The van der Waals surface area contributed by atoms with Crippen LogP contribution in [0.25, 0.3) is 0 Å². The van der Waals surface area contributed by atoms with Gasteiger partial charge in [-0.3, -0.25) is 9.89 Å². The number of H-pyrrole nitrogens is 1. The number of ketones is 1. The topological polar surface area (TPSA) is 45.8 Å². The lowest BCUT2D eigenvalue weighted by molar-refractivity contribution is 0.0988. The molecule has 0 aliphatic rings. The van der Waals surface area contributed by atoms with Crippen molar-refractivity contribution in [2.24, 2.45) is 0 Å². The maximum absolute atomic E-state index is 10.8. The van der Waals surface area contributed by atoms with E-state index in [0.717, 1.165) is 6.42 Å². The molecule has 0 aliphatic heterocycles. The van der Waals surface area contributed by atoms with E-state index < -0.39 is 0 Å². The first-order valence-electron chi connectivity index (χ1n) is 5.83. The van der Waals surface area contributed by atoms with Gasteiger partial charge in [0.05, 0.1) is 11.8 Å². The van der Waals surface area contributed by atoms with Crippen LogP contribution < -0.4 is 0 Å². The van der Waals surface area contributed by atoms with Crippen molar-refractivity contribution in [1.29, 1.82) is 0 Å². The molecule has 0 saturated heterocycles. The SMILES string of the molecule is CCC(=O)c1cn[nH]c1.CCc1ccccc1. The Morgan fingerprint density at radius 3 is 2.35 bits per heavy atom. The first kappa shape index (κ1) is 13.2. The second-order valence-corrected chi connectivity index (χ2v) is 3.60. The molecule has 0 bridgehead atoms. The molecule has 0 amide bonds. The summed E-state index contributed by atoms with van der Waals surface area (Å²) in [5.41, 5.74) is 2.07. The number of carbonyl (C=O) groups excluding carboxylic acids is 1. The van der Waals surface area contributed by atoms with Crippen molar-refractivity contribution < 1.29 is 4.79 Å². The molecule has 0 radical (unpaired) electrons. The van der Waals surface area contributed by atoms with Crippen LogP contribution in [0.2, 0.25) is 0 Å². The van der Waals surface area contributed by atoms with E-state index in [1.165, 1.54) is 11.8 Å². The lowest BCUT2D eigenvalue weighted by Gasteiger charge is -1.89. The minimum Gasteiger partial charge on any atom is -0.294 e. The molecule has 3 nitrogen and oxygen atoms in total. The van der Waals surface area contributed by atoms with Crippen molar-refractivity contribution in [2.45, 2.75) is 26.7 Å². The summed E-state index contributed by atoms with van der Waals surface area (Å²) in [7, 11) is 0. The summed E-state index contributed by atoms with van der Waals surface area (Å²) >= 11 is 0. The fourth-order valence-electron chi connectivity index (χ4n) is 1.32. The maximum atomic E-state index is 10.8. The Bertz CT molecular complexity index is 421.